The molecule has 0 aliphatic heterocycles. The lowest BCUT2D eigenvalue weighted by Crippen LogP contribution is -2.16. The summed E-state index contributed by atoms with van der Waals surface area (Å²) in [5, 5.41) is 6.36. The lowest BCUT2D eigenvalue weighted by molar-refractivity contribution is 0.102. The van der Waals surface area contributed by atoms with Crippen LogP contribution in [0.4, 0.5) is 11.5 Å². The number of nitrogens with one attached hydrogen (secondary N) is 2. The lowest BCUT2D eigenvalue weighted by atomic mass is 10.1. The van der Waals surface area contributed by atoms with Gasteiger partial charge in [0, 0.05) is 19.7 Å². The number of hydrogen-bond donors (Lipinski definition) is 2. The topological polar surface area (TPSA) is 76.1 Å². The van der Waals surface area contributed by atoms with E-state index in [0.717, 1.165) is 11.1 Å². The molecule has 122 valence electrons. The van der Waals surface area contributed by atoms with Gasteiger partial charge in [-0.05, 0) is 31.0 Å². The van der Waals surface area contributed by atoms with Crippen molar-refractivity contribution in [3.05, 3.63) is 46.4 Å². The molecule has 0 radical (unpaired) electrons. The van der Waals surface area contributed by atoms with Gasteiger partial charge in [-0.3, -0.25) is 4.79 Å². The van der Waals surface area contributed by atoms with Crippen molar-refractivity contribution >= 4 is 29.0 Å². The average Bonchev–Trinajstić information content (AvgIpc) is 2.51. The molecule has 23 heavy (non-hydrogen) atoms. The number of aryl methyl sites for hydroxylation is 2. The molecule has 0 bridgehead atoms. The van der Waals surface area contributed by atoms with Gasteiger partial charge in [0.05, 0.1) is 17.3 Å². The predicted molar refractivity (Wildman–Crippen MR) is 91.3 cm³/mol. The van der Waals surface area contributed by atoms with E-state index < -0.39 is 0 Å². The molecule has 1 aromatic carbocycles. The van der Waals surface area contributed by atoms with E-state index in [1.807, 2.05) is 26.0 Å². The largest absolute Gasteiger partial charge is 0.383 e. The van der Waals surface area contributed by atoms with Crippen molar-refractivity contribution < 1.29 is 9.53 Å². The monoisotopic (exact) mass is 334 g/mol. The van der Waals surface area contributed by atoms with E-state index in [2.05, 4.69) is 20.6 Å². The van der Waals surface area contributed by atoms with Crippen LogP contribution in [-0.4, -0.2) is 36.1 Å². The Morgan fingerprint density at radius 3 is 2.74 bits per heavy atom. The number of rotatable bonds is 6. The van der Waals surface area contributed by atoms with Gasteiger partial charge in [-0.1, -0.05) is 17.7 Å². The molecule has 0 fully saturated rings. The van der Waals surface area contributed by atoms with Crippen molar-refractivity contribution in [1.29, 1.82) is 0 Å². The number of amides is 1. The summed E-state index contributed by atoms with van der Waals surface area (Å²) in [4.78, 5) is 20.4. The zero-order valence-corrected chi connectivity index (χ0v) is 14.1. The van der Waals surface area contributed by atoms with Crippen molar-refractivity contribution in [1.82, 2.24) is 9.97 Å². The first-order valence-corrected chi connectivity index (χ1v) is 7.52. The predicted octanol–water partition coefficient (Wildman–Crippen LogP) is 3.06. The first-order valence-electron chi connectivity index (χ1n) is 7.14. The number of carbonyl (C=O) groups is 1. The van der Waals surface area contributed by atoms with Crippen molar-refractivity contribution in [3.63, 3.8) is 0 Å². The van der Waals surface area contributed by atoms with Crippen LogP contribution < -0.4 is 10.6 Å². The molecular formula is C16H19ClN4O2. The summed E-state index contributed by atoms with van der Waals surface area (Å²) < 4.78 is 4.96. The van der Waals surface area contributed by atoms with Gasteiger partial charge < -0.3 is 15.4 Å². The minimum atomic E-state index is -0.337. The number of nitrogens with zero attached hydrogens (tertiary/aromatic N) is 2. The molecule has 1 amide bonds. The van der Waals surface area contributed by atoms with Crippen LogP contribution >= 0.6 is 11.6 Å². The molecule has 2 N–H and O–H groups in total. The number of methoxy groups -OCH3 is 1. The van der Waals surface area contributed by atoms with Crippen LogP contribution in [0, 0.1) is 13.8 Å². The minimum Gasteiger partial charge on any atom is -0.383 e. The fourth-order valence-corrected chi connectivity index (χ4v) is 2.48. The Hall–Kier alpha value is -2.18. The zero-order chi connectivity index (χ0) is 16.8. The van der Waals surface area contributed by atoms with Crippen LogP contribution in [0.1, 0.15) is 21.6 Å². The summed E-state index contributed by atoms with van der Waals surface area (Å²) in [5.41, 5.74) is 2.79. The van der Waals surface area contributed by atoms with E-state index in [0.29, 0.717) is 29.7 Å². The molecule has 0 saturated carbocycles. The van der Waals surface area contributed by atoms with Crippen LogP contribution in [0.15, 0.2) is 24.5 Å². The maximum Gasteiger partial charge on any atom is 0.274 e. The van der Waals surface area contributed by atoms with Gasteiger partial charge in [-0.2, -0.15) is 0 Å². The zero-order valence-electron chi connectivity index (χ0n) is 13.3. The van der Waals surface area contributed by atoms with E-state index in [4.69, 9.17) is 16.3 Å². The van der Waals surface area contributed by atoms with Crippen LogP contribution in [0.5, 0.6) is 0 Å². The normalized spacial score (nSPS) is 10.4. The SMILES string of the molecule is COCCNc1cc(C(=O)Nc2c(C)cc(C)cc2Cl)ncn1. The van der Waals surface area contributed by atoms with Gasteiger partial charge in [0.25, 0.3) is 5.91 Å². The van der Waals surface area contributed by atoms with Crippen molar-refractivity contribution in [2.45, 2.75) is 13.8 Å². The van der Waals surface area contributed by atoms with Crippen molar-refractivity contribution in [3.8, 4) is 0 Å². The molecule has 0 atom stereocenters. The molecule has 0 spiro atoms. The smallest absolute Gasteiger partial charge is 0.274 e. The number of ether oxygens (including phenoxy) is 1. The van der Waals surface area contributed by atoms with Gasteiger partial charge in [0.1, 0.15) is 17.8 Å². The third-order valence-electron chi connectivity index (χ3n) is 3.18. The average molecular weight is 335 g/mol. The second-order valence-electron chi connectivity index (χ2n) is 5.10. The second kappa shape index (κ2) is 7.89. The molecule has 1 heterocycles. The summed E-state index contributed by atoms with van der Waals surface area (Å²) >= 11 is 6.21. The molecule has 2 aromatic rings. The number of hydrogen-bond acceptors (Lipinski definition) is 5. The number of aromatic nitrogens is 2. The standard InChI is InChI=1S/C16H19ClN4O2/c1-10-6-11(2)15(12(17)7-10)21-16(22)13-8-14(20-9-19-13)18-4-5-23-3/h6-9H,4-5H2,1-3H3,(H,21,22)(H,18,19,20). The van der Waals surface area contributed by atoms with E-state index in [1.54, 1.807) is 13.2 Å². The van der Waals surface area contributed by atoms with Crippen LogP contribution in [0.3, 0.4) is 0 Å². The molecule has 0 saturated heterocycles. The van der Waals surface area contributed by atoms with E-state index in [1.165, 1.54) is 6.33 Å². The molecule has 2 rings (SSSR count). The van der Waals surface area contributed by atoms with Gasteiger partial charge in [0.2, 0.25) is 0 Å². The lowest BCUT2D eigenvalue weighted by Gasteiger charge is -2.11. The Morgan fingerprint density at radius 2 is 2.04 bits per heavy atom. The number of anilines is 2. The fraction of sp³-hybridized carbons (Fsp3) is 0.312. The van der Waals surface area contributed by atoms with E-state index >= 15 is 0 Å². The highest BCUT2D eigenvalue weighted by molar-refractivity contribution is 6.34. The van der Waals surface area contributed by atoms with E-state index in [9.17, 15) is 4.79 Å². The third-order valence-corrected chi connectivity index (χ3v) is 3.48. The Balaban J connectivity index is 2.13. The quantitative estimate of drug-likeness (QED) is 0.794. The summed E-state index contributed by atoms with van der Waals surface area (Å²) in [6, 6.07) is 5.35. The van der Waals surface area contributed by atoms with Gasteiger partial charge in [-0.25, -0.2) is 9.97 Å². The second-order valence-corrected chi connectivity index (χ2v) is 5.51. The van der Waals surface area contributed by atoms with Gasteiger partial charge in [0.15, 0.2) is 0 Å². The van der Waals surface area contributed by atoms with Gasteiger partial charge in [-0.15, -0.1) is 0 Å². The first-order chi connectivity index (χ1) is 11.0. The van der Waals surface area contributed by atoms with Crippen LogP contribution in [-0.2, 0) is 4.74 Å². The molecule has 6 nitrogen and oxygen atoms in total. The van der Waals surface area contributed by atoms with Crippen molar-refractivity contribution in [2.24, 2.45) is 0 Å². The Morgan fingerprint density at radius 1 is 1.26 bits per heavy atom. The van der Waals surface area contributed by atoms with Gasteiger partial charge >= 0.3 is 0 Å². The Bertz CT molecular complexity index is 683. The van der Waals surface area contributed by atoms with E-state index in [-0.39, 0.29) is 11.6 Å². The summed E-state index contributed by atoms with van der Waals surface area (Å²) in [5.74, 6) is 0.227. The Labute approximate surface area is 140 Å². The summed E-state index contributed by atoms with van der Waals surface area (Å²) in [6.45, 7) is 4.99. The highest BCUT2D eigenvalue weighted by atomic mass is 35.5. The van der Waals surface area contributed by atoms with Crippen LogP contribution in [0.2, 0.25) is 5.02 Å². The number of carbonyl (C=O) groups excluding carboxylic acids is 1. The number of halogens is 1. The molecule has 0 aliphatic rings. The Kier molecular flexibility index (Phi) is 5.90. The first kappa shape index (κ1) is 17.2. The highest BCUT2D eigenvalue weighted by Gasteiger charge is 2.13. The highest BCUT2D eigenvalue weighted by Crippen LogP contribution is 2.27. The van der Waals surface area contributed by atoms with Crippen LogP contribution in [0.25, 0.3) is 0 Å². The third kappa shape index (κ3) is 4.64. The maximum atomic E-state index is 12.4. The molecule has 1 aromatic heterocycles. The minimum absolute atomic E-state index is 0.260. The fourth-order valence-electron chi connectivity index (χ4n) is 2.11. The molecule has 0 unspecified atom stereocenters. The molecule has 7 heteroatoms. The number of benzene rings is 1. The molecular weight excluding hydrogens is 316 g/mol. The van der Waals surface area contributed by atoms with Crippen molar-refractivity contribution in [2.75, 3.05) is 30.9 Å². The summed E-state index contributed by atoms with van der Waals surface area (Å²) in [7, 11) is 1.62. The molecule has 0 aliphatic carbocycles. The maximum absolute atomic E-state index is 12.4. The summed E-state index contributed by atoms with van der Waals surface area (Å²) in [6.07, 6.45) is 1.34.